The van der Waals surface area contributed by atoms with Crippen molar-refractivity contribution in [3.63, 3.8) is 0 Å². The summed E-state index contributed by atoms with van der Waals surface area (Å²) in [6, 6.07) is 2.77. The van der Waals surface area contributed by atoms with Crippen LogP contribution in [0.25, 0.3) is 0 Å². The normalized spacial score (nSPS) is 26.6. The number of hydrogen-bond acceptors (Lipinski definition) is 5. The Morgan fingerprint density at radius 2 is 2.36 bits per heavy atom. The molecule has 2 atom stereocenters. The van der Waals surface area contributed by atoms with Gasteiger partial charge in [0.15, 0.2) is 5.76 Å². The maximum Gasteiger partial charge on any atom is 0.433 e. The van der Waals surface area contributed by atoms with Crippen LogP contribution in [0.3, 0.4) is 0 Å². The van der Waals surface area contributed by atoms with E-state index >= 15 is 0 Å². The van der Waals surface area contributed by atoms with Crippen molar-refractivity contribution in [3.8, 4) is 0 Å². The standard InChI is InChI=1S/C8H9NO5/c1-5-4-12-8(13-5)6-2-3-7(14-6)9(10)11/h2-3,5,8H,4H2,1H3. The molecule has 0 amide bonds. The third-order valence-corrected chi connectivity index (χ3v) is 1.86. The zero-order valence-corrected chi connectivity index (χ0v) is 7.50. The molecule has 6 nitrogen and oxygen atoms in total. The molecule has 0 bridgehead atoms. The average molecular weight is 199 g/mol. The van der Waals surface area contributed by atoms with Gasteiger partial charge in [-0.1, -0.05) is 0 Å². The minimum atomic E-state index is -0.612. The molecular formula is C8H9NO5. The molecule has 1 saturated heterocycles. The van der Waals surface area contributed by atoms with Crippen LogP contribution in [0, 0.1) is 10.1 Å². The maximum absolute atomic E-state index is 10.3. The summed E-state index contributed by atoms with van der Waals surface area (Å²) < 4.78 is 15.4. The topological polar surface area (TPSA) is 74.7 Å². The van der Waals surface area contributed by atoms with E-state index in [1.165, 1.54) is 12.1 Å². The van der Waals surface area contributed by atoms with Crippen LogP contribution in [0.5, 0.6) is 0 Å². The van der Waals surface area contributed by atoms with Crippen molar-refractivity contribution in [1.29, 1.82) is 0 Å². The van der Waals surface area contributed by atoms with E-state index in [0.717, 1.165) is 0 Å². The molecule has 0 saturated carbocycles. The second-order valence-electron chi connectivity index (χ2n) is 3.05. The fourth-order valence-corrected chi connectivity index (χ4v) is 1.23. The van der Waals surface area contributed by atoms with Gasteiger partial charge in [0.2, 0.25) is 6.29 Å². The smallest absolute Gasteiger partial charge is 0.400 e. The monoisotopic (exact) mass is 199 g/mol. The van der Waals surface area contributed by atoms with E-state index in [4.69, 9.17) is 13.9 Å². The molecule has 0 aliphatic carbocycles. The first-order chi connectivity index (χ1) is 6.66. The summed E-state index contributed by atoms with van der Waals surface area (Å²) in [5.74, 6) is 0.0350. The molecule has 14 heavy (non-hydrogen) atoms. The Morgan fingerprint density at radius 1 is 1.57 bits per heavy atom. The maximum atomic E-state index is 10.3. The molecule has 76 valence electrons. The molecule has 1 aromatic rings. The van der Waals surface area contributed by atoms with Gasteiger partial charge in [-0.05, 0) is 13.0 Å². The van der Waals surface area contributed by atoms with Crippen molar-refractivity contribution in [3.05, 3.63) is 28.0 Å². The third kappa shape index (κ3) is 1.61. The number of furan rings is 1. The molecule has 6 heteroatoms. The van der Waals surface area contributed by atoms with Crippen LogP contribution < -0.4 is 0 Å². The first-order valence-electron chi connectivity index (χ1n) is 4.18. The van der Waals surface area contributed by atoms with E-state index in [9.17, 15) is 10.1 Å². The SMILES string of the molecule is CC1COC(c2ccc([N+](=O)[O-])o2)O1. The first-order valence-corrected chi connectivity index (χ1v) is 4.18. The van der Waals surface area contributed by atoms with Crippen molar-refractivity contribution in [2.24, 2.45) is 0 Å². The molecule has 0 aromatic carbocycles. The van der Waals surface area contributed by atoms with Gasteiger partial charge in [0.1, 0.15) is 4.92 Å². The molecule has 1 aromatic heterocycles. The van der Waals surface area contributed by atoms with Crippen molar-refractivity contribution in [1.82, 2.24) is 0 Å². The van der Waals surface area contributed by atoms with Gasteiger partial charge in [0.05, 0.1) is 18.8 Å². The predicted molar refractivity (Wildman–Crippen MR) is 44.6 cm³/mol. The molecule has 1 fully saturated rings. The zero-order valence-electron chi connectivity index (χ0n) is 7.50. The van der Waals surface area contributed by atoms with Gasteiger partial charge >= 0.3 is 5.88 Å². The van der Waals surface area contributed by atoms with E-state index < -0.39 is 11.2 Å². The van der Waals surface area contributed by atoms with Crippen LogP contribution in [0.4, 0.5) is 5.88 Å². The summed E-state index contributed by atoms with van der Waals surface area (Å²) in [5.41, 5.74) is 0. The Morgan fingerprint density at radius 3 is 2.86 bits per heavy atom. The lowest BCUT2D eigenvalue weighted by atomic mass is 10.4. The summed E-state index contributed by atoms with van der Waals surface area (Å²) in [6.45, 7) is 2.33. The lowest BCUT2D eigenvalue weighted by Crippen LogP contribution is -2.02. The highest BCUT2D eigenvalue weighted by Gasteiger charge is 2.28. The van der Waals surface area contributed by atoms with Crippen LogP contribution >= 0.6 is 0 Å². The summed E-state index contributed by atoms with van der Waals surface area (Å²) in [5, 5.41) is 10.3. The van der Waals surface area contributed by atoms with Gasteiger partial charge < -0.3 is 13.9 Å². The Bertz CT molecular complexity index is 347. The lowest BCUT2D eigenvalue weighted by molar-refractivity contribution is -0.402. The van der Waals surface area contributed by atoms with Gasteiger partial charge in [0, 0.05) is 0 Å². The fourth-order valence-electron chi connectivity index (χ4n) is 1.23. The lowest BCUT2D eigenvalue weighted by Gasteiger charge is -2.04. The van der Waals surface area contributed by atoms with Crippen LogP contribution in [0.2, 0.25) is 0 Å². The average Bonchev–Trinajstić information content (AvgIpc) is 2.70. The Labute approximate surface area is 79.6 Å². The van der Waals surface area contributed by atoms with E-state index in [0.29, 0.717) is 12.4 Å². The largest absolute Gasteiger partial charge is 0.433 e. The second-order valence-corrected chi connectivity index (χ2v) is 3.05. The summed E-state index contributed by atoms with van der Waals surface area (Å²) in [4.78, 5) is 9.73. The van der Waals surface area contributed by atoms with Crippen LogP contribution in [0.1, 0.15) is 19.0 Å². The van der Waals surface area contributed by atoms with Crippen molar-refractivity contribution in [2.75, 3.05) is 6.61 Å². The van der Waals surface area contributed by atoms with Crippen LogP contribution in [-0.2, 0) is 9.47 Å². The predicted octanol–water partition coefficient (Wildman–Crippen LogP) is 1.62. The molecule has 2 heterocycles. The minimum Gasteiger partial charge on any atom is -0.400 e. The molecule has 1 aliphatic heterocycles. The molecule has 0 radical (unpaired) electrons. The first kappa shape index (κ1) is 9.17. The van der Waals surface area contributed by atoms with Gasteiger partial charge in [-0.25, -0.2) is 0 Å². The Balaban J connectivity index is 2.13. The molecule has 2 unspecified atom stereocenters. The van der Waals surface area contributed by atoms with E-state index in [1.807, 2.05) is 6.92 Å². The zero-order chi connectivity index (χ0) is 10.1. The van der Waals surface area contributed by atoms with Gasteiger partial charge in [0.25, 0.3) is 0 Å². The number of hydrogen-bond donors (Lipinski definition) is 0. The fraction of sp³-hybridized carbons (Fsp3) is 0.500. The Hall–Kier alpha value is -1.40. The number of nitrogens with zero attached hydrogens (tertiary/aromatic N) is 1. The molecule has 1 aliphatic rings. The highest BCUT2D eigenvalue weighted by atomic mass is 16.7. The van der Waals surface area contributed by atoms with Gasteiger partial charge in [-0.2, -0.15) is 0 Å². The van der Waals surface area contributed by atoms with E-state index in [2.05, 4.69) is 0 Å². The summed E-state index contributed by atoms with van der Waals surface area (Å²) >= 11 is 0. The highest BCUT2D eigenvalue weighted by Crippen LogP contribution is 2.29. The number of ether oxygens (including phenoxy) is 2. The second kappa shape index (κ2) is 3.39. The van der Waals surface area contributed by atoms with Gasteiger partial charge in [-0.15, -0.1) is 0 Å². The summed E-state index contributed by atoms with van der Waals surface area (Å²) in [7, 11) is 0. The van der Waals surface area contributed by atoms with Crippen molar-refractivity contribution in [2.45, 2.75) is 19.3 Å². The van der Waals surface area contributed by atoms with Crippen molar-refractivity contribution < 1.29 is 18.8 Å². The molecular weight excluding hydrogens is 190 g/mol. The van der Waals surface area contributed by atoms with Crippen molar-refractivity contribution >= 4 is 5.88 Å². The molecule has 2 rings (SSSR count). The van der Waals surface area contributed by atoms with E-state index in [1.54, 1.807) is 0 Å². The van der Waals surface area contributed by atoms with Crippen LogP contribution in [-0.4, -0.2) is 17.6 Å². The number of rotatable bonds is 2. The third-order valence-electron chi connectivity index (χ3n) is 1.86. The molecule has 0 spiro atoms. The van der Waals surface area contributed by atoms with Gasteiger partial charge in [-0.3, -0.25) is 10.1 Å². The van der Waals surface area contributed by atoms with E-state index in [-0.39, 0.29) is 12.0 Å². The minimum absolute atomic E-state index is 0.0100. The molecule has 0 N–H and O–H groups in total. The Kier molecular flexibility index (Phi) is 2.22. The number of nitro groups is 1. The highest BCUT2D eigenvalue weighted by molar-refractivity contribution is 5.18. The quantitative estimate of drug-likeness (QED) is 0.534. The van der Waals surface area contributed by atoms with Crippen LogP contribution in [0.15, 0.2) is 16.5 Å². The summed E-state index contributed by atoms with van der Waals surface area (Å²) in [6.07, 6.45) is -0.622.